The number of fused-ring (bicyclic) bond motifs is 1. The fraction of sp³-hybridized carbons (Fsp3) is 0.125. The minimum Gasteiger partial charge on any atom is -1.00 e. The number of hydrogen-bond acceptors (Lipinski definition) is 0. The molecule has 4 aromatic carbocycles. The molecule has 0 saturated carbocycles. The maximum atomic E-state index is 2.38. The Kier molecular flexibility index (Phi) is 9.61. The minimum atomic E-state index is 0. The SMILES string of the molecule is CCCc1cc2c(-c3ccccc3)ccc(-c3ccccc3)c2[cH-]1.[Cl-].[Cl-].[Zr+3]. The zero-order chi connectivity index (χ0) is 16.4. The Hall–Kier alpha value is -1.27. The predicted octanol–water partition coefficient (Wildman–Crippen LogP) is 0.851. The van der Waals surface area contributed by atoms with Crippen LogP contribution >= 0.6 is 0 Å². The van der Waals surface area contributed by atoms with E-state index in [1.54, 1.807) is 0 Å². The number of benzene rings is 3. The summed E-state index contributed by atoms with van der Waals surface area (Å²) < 4.78 is 0. The second-order valence-electron chi connectivity index (χ2n) is 6.33. The Labute approximate surface area is 193 Å². The predicted molar refractivity (Wildman–Crippen MR) is 104 cm³/mol. The first-order valence-electron chi connectivity index (χ1n) is 8.70. The fourth-order valence-corrected chi connectivity index (χ4v) is 3.53. The molecule has 0 bridgehead atoms. The first-order chi connectivity index (χ1) is 11.9. The van der Waals surface area contributed by atoms with E-state index in [1.807, 2.05) is 0 Å². The van der Waals surface area contributed by atoms with Crippen molar-refractivity contribution in [3.05, 3.63) is 90.5 Å². The Morgan fingerprint density at radius 1 is 0.704 bits per heavy atom. The van der Waals surface area contributed by atoms with Crippen molar-refractivity contribution in [1.82, 2.24) is 0 Å². The Morgan fingerprint density at radius 2 is 1.22 bits per heavy atom. The standard InChI is InChI=1S/C24H21.2ClH.Zr/c1-2-9-18-16-23-21(19-10-5-3-6-11-19)14-15-22(24(23)17-18)20-12-7-4-8-13-20;;;/h3-8,10-17H,2,9H2,1H3;2*1H;/q-1;;;+3/p-2. The molecule has 1 radical (unpaired) electrons. The topological polar surface area (TPSA) is 0 Å². The summed E-state index contributed by atoms with van der Waals surface area (Å²) in [6, 6.07) is 30.7. The van der Waals surface area contributed by atoms with E-state index in [-0.39, 0.29) is 51.0 Å². The molecule has 0 aliphatic carbocycles. The van der Waals surface area contributed by atoms with Gasteiger partial charge in [-0.05, 0) is 12.0 Å². The van der Waals surface area contributed by atoms with Crippen LogP contribution in [0.1, 0.15) is 18.9 Å². The van der Waals surface area contributed by atoms with Gasteiger partial charge < -0.3 is 24.8 Å². The van der Waals surface area contributed by atoms with Crippen LogP contribution in [0.2, 0.25) is 0 Å². The molecule has 0 nitrogen and oxygen atoms in total. The first-order valence-corrected chi connectivity index (χ1v) is 8.70. The fourth-order valence-electron chi connectivity index (χ4n) is 3.53. The molecule has 4 aromatic rings. The monoisotopic (exact) mass is 469 g/mol. The van der Waals surface area contributed by atoms with Crippen LogP contribution in [0.3, 0.4) is 0 Å². The van der Waals surface area contributed by atoms with Crippen molar-refractivity contribution in [2.75, 3.05) is 0 Å². The van der Waals surface area contributed by atoms with Crippen LogP contribution in [0.15, 0.2) is 84.9 Å². The van der Waals surface area contributed by atoms with Crippen molar-refractivity contribution in [2.45, 2.75) is 19.8 Å². The smallest absolute Gasteiger partial charge is 1.00 e. The van der Waals surface area contributed by atoms with Crippen molar-refractivity contribution in [3.8, 4) is 22.3 Å². The van der Waals surface area contributed by atoms with E-state index in [2.05, 4.69) is 91.9 Å². The molecule has 0 spiro atoms. The van der Waals surface area contributed by atoms with E-state index in [9.17, 15) is 0 Å². The third-order valence-corrected chi connectivity index (χ3v) is 4.65. The molecule has 0 aliphatic heterocycles. The molecule has 0 heterocycles. The third-order valence-electron chi connectivity index (χ3n) is 4.65. The average molecular weight is 472 g/mol. The largest absolute Gasteiger partial charge is 3.00 e. The van der Waals surface area contributed by atoms with E-state index in [0.717, 1.165) is 6.42 Å². The summed E-state index contributed by atoms with van der Waals surface area (Å²) in [6.07, 6.45) is 2.31. The molecule has 3 heteroatoms. The van der Waals surface area contributed by atoms with Crippen LogP contribution in [0, 0.1) is 0 Å². The Balaban J connectivity index is 0.00000121. The third kappa shape index (κ3) is 4.97. The van der Waals surface area contributed by atoms with Gasteiger partial charge in [0.05, 0.1) is 0 Å². The van der Waals surface area contributed by atoms with Crippen LogP contribution < -0.4 is 24.8 Å². The molecule has 0 aliphatic rings. The average Bonchev–Trinajstić information content (AvgIpc) is 3.06. The van der Waals surface area contributed by atoms with Gasteiger partial charge in [-0.2, -0.15) is 6.07 Å². The Bertz CT molecular complexity index is 883. The summed E-state index contributed by atoms with van der Waals surface area (Å²) in [5, 5.41) is 2.73. The van der Waals surface area contributed by atoms with Gasteiger partial charge in [-0.15, -0.1) is 22.4 Å². The van der Waals surface area contributed by atoms with E-state index in [1.165, 1.54) is 45.0 Å². The molecule has 0 unspecified atom stereocenters. The van der Waals surface area contributed by atoms with Crippen molar-refractivity contribution < 1.29 is 51.0 Å². The summed E-state index contributed by atoms with van der Waals surface area (Å²) in [7, 11) is 0. The van der Waals surface area contributed by atoms with Crippen LogP contribution in [0.5, 0.6) is 0 Å². The van der Waals surface area contributed by atoms with Gasteiger partial charge in [0.1, 0.15) is 0 Å². The van der Waals surface area contributed by atoms with Crippen molar-refractivity contribution >= 4 is 10.8 Å². The van der Waals surface area contributed by atoms with Crippen LogP contribution in [-0.2, 0) is 32.6 Å². The number of halogens is 2. The van der Waals surface area contributed by atoms with Gasteiger partial charge >= 0.3 is 26.2 Å². The summed E-state index contributed by atoms with van der Waals surface area (Å²) >= 11 is 0. The molecule has 0 atom stereocenters. The van der Waals surface area contributed by atoms with Gasteiger partial charge in [0.25, 0.3) is 0 Å². The molecule has 0 amide bonds. The minimum absolute atomic E-state index is 0. The van der Waals surface area contributed by atoms with Crippen molar-refractivity contribution in [3.63, 3.8) is 0 Å². The Morgan fingerprint density at radius 3 is 1.78 bits per heavy atom. The van der Waals surface area contributed by atoms with Gasteiger partial charge in [0, 0.05) is 0 Å². The van der Waals surface area contributed by atoms with Crippen LogP contribution in [0.25, 0.3) is 33.0 Å². The normalized spacial score (nSPS) is 9.81. The second-order valence-corrected chi connectivity index (χ2v) is 6.33. The molecule has 0 N–H and O–H groups in total. The van der Waals surface area contributed by atoms with Gasteiger partial charge in [-0.25, -0.2) is 0 Å². The number of aryl methyl sites for hydroxylation is 1. The zero-order valence-electron chi connectivity index (χ0n) is 15.3. The summed E-state index contributed by atoms with van der Waals surface area (Å²) in [5.74, 6) is 0. The van der Waals surface area contributed by atoms with E-state index in [4.69, 9.17) is 0 Å². The van der Waals surface area contributed by atoms with Crippen molar-refractivity contribution in [2.24, 2.45) is 0 Å². The van der Waals surface area contributed by atoms with Crippen LogP contribution in [0.4, 0.5) is 0 Å². The molecule has 27 heavy (non-hydrogen) atoms. The molecule has 0 fully saturated rings. The molecular weight excluding hydrogens is 450 g/mol. The van der Waals surface area contributed by atoms with Crippen molar-refractivity contribution in [1.29, 1.82) is 0 Å². The van der Waals surface area contributed by atoms with Gasteiger partial charge in [-0.1, -0.05) is 103 Å². The summed E-state index contributed by atoms with van der Waals surface area (Å²) in [5.41, 5.74) is 6.67. The summed E-state index contributed by atoms with van der Waals surface area (Å²) in [4.78, 5) is 0. The molecule has 135 valence electrons. The first kappa shape index (κ1) is 23.8. The number of rotatable bonds is 4. The molecule has 0 aromatic heterocycles. The van der Waals surface area contributed by atoms with Crippen LogP contribution in [-0.4, -0.2) is 0 Å². The zero-order valence-corrected chi connectivity index (χ0v) is 19.2. The molecular formula is C24H21Cl2Zr. The van der Waals surface area contributed by atoms with Gasteiger partial charge in [0.15, 0.2) is 0 Å². The quantitative estimate of drug-likeness (QED) is 0.388. The second kappa shape index (κ2) is 10.9. The maximum Gasteiger partial charge on any atom is 3.00 e. The summed E-state index contributed by atoms with van der Waals surface area (Å²) in [6.45, 7) is 2.24. The van der Waals surface area contributed by atoms with Gasteiger partial charge in [-0.3, -0.25) is 0 Å². The van der Waals surface area contributed by atoms with E-state index >= 15 is 0 Å². The van der Waals surface area contributed by atoms with E-state index < -0.39 is 0 Å². The number of hydrogen-bond donors (Lipinski definition) is 0. The van der Waals surface area contributed by atoms with E-state index in [0.29, 0.717) is 0 Å². The maximum absolute atomic E-state index is 2.38. The molecule has 4 rings (SSSR count). The van der Waals surface area contributed by atoms with Gasteiger partial charge in [0.2, 0.25) is 0 Å². The molecule has 0 saturated heterocycles.